The lowest BCUT2D eigenvalue weighted by Crippen LogP contribution is -2.30. The molecule has 212 valence electrons. The van der Waals surface area contributed by atoms with Crippen LogP contribution in [0.5, 0.6) is 11.5 Å². The predicted octanol–water partition coefficient (Wildman–Crippen LogP) is 6.36. The van der Waals surface area contributed by atoms with Crippen molar-refractivity contribution >= 4 is 62.9 Å². The molecule has 1 heterocycles. The Morgan fingerprint density at radius 3 is 2.21 bits per heavy atom. The second-order valence-corrected chi connectivity index (χ2v) is 11.1. The topological polar surface area (TPSA) is 106 Å². The van der Waals surface area contributed by atoms with Crippen LogP contribution in [0.2, 0.25) is 0 Å². The van der Waals surface area contributed by atoms with Gasteiger partial charge in [0.05, 0.1) is 5.75 Å². The van der Waals surface area contributed by atoms with Crippen molar-refractivity contribution in [3.05, 3.63) is 118 Å². The molecule has 0 saturated carbocycles. The molecule has 0 fully saturated rings. The van der Waals surface area contributed by atoms with Gasteiger partial charge in [-0.3, -0.25) is 14.4 Å². The van der Waals surface area contributed by atoms with Gasteiger partial charge in [-0.05, 0) is 72.3 Å². The lowest BCUT2D eigenvalue weighted by Gasteiger charge is -2.19. The lowest BCUT2D eigenvalue weighted by atomic mass is 10.1. The van der Waals surface area contributed by atoms with Crippen molar-refractivity contribution in [2.45, 2.75) is 4.90 Å². The van der Waals surface area contributed by atoms with Gasteiger partial charge in [-0.15, -0.1) is 11.8 Å². The third-order valence-electron chi connectivity index (χ3n) is 6.02. The highest BCUT2D eigenvalue weighted by Gasteiger charge is 2.16. The molecule has 0 atom stereocenters. The molecule has 0 radical (unpaired) electrons. The molecule has 10 heteroatoms. The maximum atomic E-state index is 13.2. The molecule has 0 bridgehead atoms. The van der Waals surface area contributed by atoms with Crippen LogP contribution in [0.15, 0.2) is 112 Å². The highest BCUT2D eigenvalue weighted by atomic mass is 79.9. The second kappa shape index (κ2) is 13.9. The third-order valence-corrected chi connectivity index (χ3v) is 7.56. The highest BCUT2D eigenvalue weighted by Crippen LogP contribution is 2.32. The summed E-state index contributed by atoms with van der Waals surface area (Å²) in [6, 6.07) is 28.5. The Kier molecular flexibility index (Phi) is 9.58. The van der Waals surface area contributed by atoms with Gasteiger partial charge in [-0.1, -0.05) is 46.3 Å². The quantitative estimate of drug-likeness (QED) is 0.145. The molecule has 0 aliphatic carbocycles. The van der Waals surface area contributed by atoms with Crippen LogP contribution in [0, 0.1) is 0 Å². The van der Waals surface area contributed by atoms with Crippen LogP contribution in [-0.4, -0.2) is 36.7 Å². The minimum Gasteiger partial charge on any atom is -0.486 e. The first-order valence-electron chi connectivity index (χ1n) is 13.0. The number of fused-ring (bicyclic) bond motifs is 1. The van der Waals surface area contributed by atoms with E-state index in [0.29, 0.717) is 41.7 Å². The van der Waals surface area contributed by atoms with Gasteiger partial charge in [0, 0.05) is 32.4 Å². The van der Waals surface area contributed by atoms with Crippen molar-refractivity contribution in [3.63, 3.8) is 0 Å². The monoisotopic (exact) mass is 643 g/mol. The summed E-state index contributed by atoms with van der Waals surface area (Å²) in [6.07, 6.45) is 1.62. The molecule has 0 saturated heterocycles. The third kappa shape index (κ3) is 8.02. The van der Waals surface area contributed by atoms with Crippen molar-refractivity contribution in [3.8, 4) is 11.5 Å². The van der Waals surface area contributed by atoms with E-state index >= 15 is 0 Å². The molecule has 1 aliphatic rings. The zero-order valence-electron chi connectivity index (χ0n) is 22.3. The van der Waals surface area contributed by atoms with Gasteiger partial charge in [-0.2, -0.15) is 0 Å². The SMILES string of the molecule is O=C(CSc1ccc(NC(=O)/C(=C/c2ccc(Br)cc2)NC(=O)c2ccccc2)cc1)Nc1ccc2c(c1)OCCO2. The first-order valence-corrected chi connectivity index (χ1v) is 14.8. The molecule has 5 rings (SSSR count). The van der Waals surface area contributed by atoms with Crippen LogP contribution in [0.4, 0.5) is 11.4 Å². The number of nitrogens with one attached hydrogen (secondary N) is 3. The Bertz CT molecular complexity index is 1610. The van der Waals surface area contributed by atoms with E-state index in [9.17, 15) is 14.4 Å². The summed E-state index contributed by atoms with van der Waals surface area (Å²) in [7, 11) is 0. The first kappa shape index (κ1) is 29.0. The van der Waals surface area contributed by atoms with E-state index in [0.717, 1.165) is 14.9 Å². The molecule has 0 aromatic heterocycles. The maximum absolute atomic E-state index is 13.2. The number of anilines is 2. The Morgan fingerprint density at radius 1 is 0.786 bits per heavy atom. The molecule has 42 heavy (non-hydrogen) atoms. The van der Waals surface area contributed by atoms with Gasteiger partial charge in [-0.25, -0.2) is 0 Å². The largest absolute Gasteiger partial charge is 0.486 e. The van der Waals surface area contributed by atoms with Crippen LogP contribution in [-0.2, 0) is 9.59 Å². The Labute approximate surface area is 255 Å². The Hall–Kier alpha value is -4.54. The fourth-order valence-electron chi connectivity index (χ4n) is 3.97. The molecule has 0 spiro atoms. The number of benzene rings is 4. The summed E-state index contributed by atoms with van der Waals surface area (Å²) in [5.41, 5.74) is 2.46. The maximum Gasteiger partial charge on any atom is 0.272 e. The number of halogens is 1. The normalized spacial score (nSPS) is 12.3. The van der Waals surface area contributed by atoms with Gasteiger partial charge in [0.25, 0.3) is 11.8 Å². The zero-order chi connectivity index (χ0) is 29.3. The van der Waals surface area contributed by atoms with E-state index in [4.69, 9.17) is 9.47 Å². The molecule has 4 aromatic rings. The van der Waals surface area contributed by atoms with Crippen LogP contribution in [0.25, 0.3) is 6.08 Å². The van der Waals surface area contributed by atoms with Crippen molar-refractivity contribution < 1.29 is 23.9 Å². The van der Waals surface area contributed by atoms with Gasteiger partial charge >= 0.3 is 0 Å². The standard InChI is InChI=1S/C32H26BrN3O5S/c33-23-8-6-21(7-9-23)18-27(36-31(38)22-4-2-1-3-5-22)32(39)35-24-10-13-26(14-11-24)42-20-30(37)34-25-12-15-28-29(19-25)41-17-16-40-28/h1-15,18-19H,16-17,20H2,(H,34,37)(H,35,39)(H,36,38)/b27-18-. The van der Waals surface area contributed by atoms with Crippen molar-refractivity contribution in [1.82, 2.24) is 5.32 Å². The van der Waals surface area contributed by atoms with E-state index in [1.165, 1.54) is 11.8 Å². The van der Waals surface area contributed by atoms with Crippen molar-refractivity contribution in [1.29, 1.82) is 0 Å². The lowest BCUT2D eigenvalue weighted by molar-refractivity contribution is -0.114. The number of amides is 3. The number of carbonyl (C=O) groups excluding carboxylic acids is 3. The Morgan fingerprint density at radius 2 is 1.48 bits per heavy atom. The predicted molar refractivity (Wildman–Crippen MR) is 168 cm³/mol. The first-order chi connectivity index (χ1) is 20.4. The summed E-state index contributed by atoms with van der Waals surface area (Å²) in [5, 5.41) is 8.44. The van der Waals surface area contributed by atoms with Gasteiger partial charge in [0.2, 0.25) is 5.91 Å². The molecular weight excluding hydrogens is 618 g/mol. The minimum absolute atomic E-state index is 0.0976. The summed E-state index contributed by atoms with van der Waals surface area (Å²) in [4.78, 5) is 39.4. The van der Waals surface area contributed by atoms with Crippen LogP contribution in [0.1, 0.15) is 15.9 Å². The number of ether oxygens (including phenoxy) is 2. The van der Waals surface area contributed by atoms with Crippen molar-refractivity contribution in [2.24, 2.45) is 0 Å². The fourth-order valence-corrected chi connectivity index (χ4v) is 4.93. The van der Waals surface area contributed by atoms with Gasteiger partial charge in [0.15, 0.2) is 11.5 Å². The summed E-state index contributed by atoms with van der Waals surface area (Å²) < 4.78 is 12.0. The minimum atomic E-state index is -0.471. The molecule has 3 N–H and O–H groups in total. The number of hydrogen-bond donors (Lipinski definition) is 3. The van der Waals surface area contributed by atoms with E-state index < -0.39 is 11.8 Å². The van der Waals surface area contributed by atoms with E-state index in [-0.39, 0.29) is 17.4 Å². The summed E-state index contributed by atoms with van der Waals surface area (Å²) in [6.45, 7) is 0.980. The molecule has 8 nitrogen and oxygen atoms in total. The number of hydrogen-bond acceptors (Lipinski definition) is 6. The summed E-state index contributed by atoms with van der Waals surface area (Å²) in [5.74, 6) is 0.447. The molecule has 4 aromatic carbocycles. The number of rotatable bonds is 9. The van der Waals surface area contributed by atoms with E-state index in [1.807, 2.05) is 42.5 Å². The number of carbonyl (C=O) groups is 3. The van der Waals surface area contributed by atoms with E-state index in [1.54, 1.807) is 60.7 Å². The van der Waals surface area contributed by atoms with E-state index in [2.05, 4.69) is 31.9 Å². The average molecular weight is 645 g/mol. The smallest absolute Gasteiger partial charge is 0.272 e. The van der Waals surface area contributed by atoms with Gasteiger partial charge in [0.1, 0.15) is 18.9 Å². The van der Waals surface area contributed by atoms with Gasteiger partial charge < -0.3 is 25.4 Å². The van der Waals surface area contributed by atoms with Crippen LogP contribution in [0.3, 0.4) is 0 Å². The summed E-state index contributed by atoms with van der Waals surface area (Å²) >= 11 is 4.77. The molecular formula is C32H26BrN3O5S. The zero-order valence-corrected chi connectivity index (χ0v) is 24.7. The fraction of sp³-hybridized carbons (Fsp3) is 0.0938. The van der Waals surface area contributed by atoms with Crippen LogP contribution < -0.4 is 25.4 Å². The van der Waals surface area contributed by atoms with Crippen LogP contribution >= 0.6 is 27.7 Å². The second-order valence-electron chi connectivity index (χ2n) is 9.10. The molecule has 0 unspecified atom stereocenters. The number of thioether (sulfide) groups is 1. The Balaban J connectivity index is 1.19. The van der Waals surface area contributed by atoms with Crippen molar-refractivity contribution in [2.75, 3.05) is 29.6 Å². The molecule has 1 aliphatic heterocycles. The highest BCUT2D eigenvalue weighted by molar-refractivity contribution is 9.10. The molecule has 3 amide bonds. The average Bonchev–Trinajstić information content (AvgIpc) is 3.01.